The molecule has 0 unspecified atom stereocenters. The van der Waals surface area contributed by atoms with Gasteiger partial charge in [0.05, 0.1) is 5.57 Å². The fourth-order valence-corrected chi connectivity index (χ4v) is 1.83. The van der Waals surface area contributed by atoms with Crippen LogP contribution in [0.2, 0.25) is 0 Å². The van der Waals surface area contributed by atoms with Gasteiger partial charge in [-0.3, -0.25) is 4.79 Å². The van der Waals surface area contributed by atoms with Gasteiger partial charge in [0, 0.05) is 6.54 Å². The van der Waals surface area contributed by atoms with Gasteiger partial charge in [0.15, 0.2) is 0 Å². The lowest BCUT2D eigenvalue weighted by molar-refractivity contribution is -0.117. The maximum Gasteiger partial charge on any atom is 0.255 e. The van der Waals surface area contributed by atoms with Crippen LogP contribution in [0.5, 0.6) is 0 Å². The van der Waals surface area contributed by atoms with Crippen molar-refractivity contribution in [3.8, 4) is 0 Å². The van der Waals surface area contributed by atoms with Crippen molar-refractivity contribution in [2.75, 3.05) is 0 Å². The molecule has 1 aromatic rings. The third kappa shape index (κ3) is 6.40. The average molecular weight is 271 g/mol. The average Bonchev–Trinajstić information content (AvgIpc) is 2.49. The third-order valence-corrected chi connectivity index (χ3v) is 3.06. The van der Waals surface area contributed by atoms with Crippen LogP contribution >= 0.6 is 0 Å². The molecule has 108 valence electrons. The van der Waals surface area contributed by atoms with E-state index in [0.29, 0.717) is 6.54 Å². The zero-order chi connectivity index (χ0) is 14.6. The Morgan fingerprint density at radius 3 is 2.60 bits per heavy atom. The Bertz CT molecular complexity index is 456. The van der Waals surface area contributed by atoms with Crippen molar-refractivity contribution < 1.29 is 4.79 Å². The second-order valence-electron chi connectivity index (χ2n) is 4.89. The fourth-order valence-electron chi connectivity index (χ4n) is 1.83. The van der Waals surface area contributed by atoms with Crippen molar-refractivity contribution >= 4 is 5.91 Å². The van der Waals surface area contributed by atoms with Crippen molar-refractivity contribution in [1.82, 2.24) is 5.32 Å². The predicted octanol–water partition coefficient (Wildman–Crippen LogP) is 4.37. The molecule has 0 atom stereocenters. The first-order valence-corrected chi connectivity index (χ1v) is 7.54. The molecule has 0 aliphatic heterocycles. The lowest BCUT2D eigenvalue weighted by Gasteiger charge is -2.07. The number of hydrogen-bond donors (Lipinski definition) is 1. The Morgan fingerprint density at radius 2 is 1.95 bits per heavy atom. The van der Waals surface area contributed by atoms with E-state index in [9.17, 15) is 4.79 Å². The number of amides is 1. The van der Waals surface area contributed by atoms with E-state index in [-0.39, 0.29) is 5.91 Å². The molecule has 0 heterocycles. The summed E-state index contributed by atoms with van der Waals surface area (Å²) >= 11 is 0. The minimum Gasteiger partial charge on any atom is -0.348 e. The fraction of sp³-hybridized carbons (Fsp3) is 0.444. The van der Waals surface area contributed by atoms with Gasteiger partial charge in [-0.2, -0.15) is 0 Å². The van der Waals surface area contributed by atoms with Crippen LogP contribution in [0.3, 0.4) is 0 Å². The molecule has 2 heteroatoms. The van der Waals surface area contributed by atoms with E-state index < -0.39 is 0 Å². The minimum absolute atomic E-state index is 0.00894. The zero-order valence-corrected chi connectivity index (χ0v) is 12.6. The van der Waals surface area contributed by atoms with Gasteiger partial charge in [-0.25, -0.2) is 0 Å². The Kier molecular flexibility index (Phi) is 8.17. The number of rotatable bonds is 8. The molecule has 20 heavy (non-hydrogen) atoms. The summed E-state index contributed by atoms with van der Waals surface area (Å²) in [5, 5.41) is 2.98. The lowest BCUT2D eigenvalue weighted by atomic mass is 10.1. The molecular weight excluding hydrogens is 246 g/mol. The van der Waals surface area contributed by atoms with Crippen molar-refractivity contribution in [3.05, 3.63) is 53.3 Å². The van der Waals surface area contributed by atoms with Crippen LogP contribution in [-0.2, 0) is 11.3 Å². The van der Waals surface area contributed by atoms with Gasteiger partial charge in [0.2, 0.25) is 0 Å². The number of carbonyl (C=O) groups excluding carboxylic acids is 1. The normalized spacial score (nSPS) is 9.70. The lowest BCUT2D eigenvalue weighted by Crippen LogP contribution is -2.24. The maximum atomic E-state index is 12.2. The molecule has 0 saturated carbocycles. The van der Waals surface area contributed by atoms with Gasteiger partial charge in [-0.05, 0) is 30.9 Å². The summed E-state index contributed by atoms with van der Waals surface area (Å²) < 4.78 is 0. The van der Waals surface area contributed by atoms with Crippen LogP contribution in [0.25, 0.3) is 0 Å². The predicted molar refractivity (Wildman–Crippen MR) is 84.3 cm³/mol. The number of nitrogens with one attached hydrogen (secondary N) is 1. The summed E-state index contributed by atoms with van der Waals surface area (Å²) in [4.78, 5) is 12.2. The standard InChI is InChI=1S/C18H25NO/c1-3-5-8-14-17(13-6-4-2)18(20)19-15-16-11-9-7-10-12-16/h7-12H,3-6,13,15H2,1-2H3,(H,19,20). The summed E-state index contributed by atoms with van der Waals surface area (Å²) in [7, 11) is 0. The largest absolute Gasteiger partial charge is 0.348 e. The van der Waals surface area contributed by atoms with Gasteiger partial charge in [-0.1, -0.05) is 57.0 Å². The first-order chi connectivity index (χ1) is 9.77. The SMILES string of the molecule is CCCC=C=C(CCCC)C(=O)NCc1ccccc1. The summed E-state index contributed by atoms with van der Waals surface area (Å²) in [6, 6.07) is 9.98. The summed E-state index contributed by atoms with van der Waals surface area (Å²) in [5.41, 5.74) is 5.06. The molecule has 0 spiro atoms. The first kappa shape index (κ1) is 16.3. The zero-order valence-electron chi connectivity index (χ0n) is 12.6. The molecule has 0 saturated heterocycles. The quantitative estimate of drug-likeness (QED) is 0.552. The number of hydrogen-bond acceptors (Lipinski definition) is 1. The Labute approximate surface area is 122 Å². The van der Waals surface area contributed by atoms with Crippen LogP contribution in [0.4, 0.5) is 0 Å². The maximum absolute atomic E-state index is 12.2. The molecule has 0 radical (unpaired) electrons. The van der Waals surface area contributed by atoms with Crippen molar-refractivity contribution in [2.24, 2.45) is 0 Å². The highest BCUT2D eigenvalue weighted by Gasteiger charge is 2.07. The number of unbranched alkanes of at least 4 members (excludes halogenated alkanes) is 2. The molecule has 1 N–H and O–H groups in total. The summed E-state index contributed by atoms with van der Waals surface area (Å²) in [6.07, 6.45) is 6.96. The second kappa shape index (κ2) is 10.1. The minimum atomic E-state index is 0.00894. The van der Waals surface area contributed by atoms with Crippen LogP contribution in [0, 0.1) is 0 Å². The van der Waals surface area contributed by atoms with Gasteiger partial charge >= 0.3 is 0 Å². The van der Waals surface area contributed by atoms with Crippen LogP contribution in [-0.4, -0.2) is 5.91 Å². The van der Waals surface area contributed by atoms with Gasteiger partial charge in [0.25, 0.3) is 5.91 Å². The Hall–Kier alpha value is -1.79. The molecule has 0 aliphatic rings. The van der Waals surface area contributed by atoms with E-state index in [1.165, 1.54) is 0 Å². The van der Waals surface area contributed by atoms with Crippen molar-refractivity contribution in [1.29, 1.82) is 0 Å². The van der Waals surface area contributed by atoms with E-state index in [1.54, 1.807) is 0 Å². The second-order valence-corrected chi connectivity index (χ2v) is 4.89. The van der Waals surface area contributed by atoms with Crippen LogP contribution < -0.4 is 5.32 Å². The number of carbonyl (C=O) groups is 1. The topological polar surface area (TPSA) is 29.1 Å². The third-order valence-electron chi connectivity index (χ3n) is 3.06. The Balaban J connectivity index is 2.61. The highest BCUT2D eigenvalue weighted by atomic mass is 16.1. The molecule has 1 amide bonds. The highest BCUT2D eigenvalue weighted by Crippen LogP contribution is 2.07. The van der Waals surface area contributed by atoms with E-state index in [1.807, 2.05) is 36.4 Å². The van der Waals surface area contributed by atoms with E-state index in [2.05, 4.69) is 24.9 Å². The van der Waals surface area contributed by atoms with Crippen molar-refractivity contribution in [3.63, 3.8) is 0 Å². The molecule has 2 nitrogen and oxygen atoms in total. The number of benzene rings is 1. The molecule has 0 aromatic heterocycles. The Morgan fingerprint density at radius 1 is 1.20 bits per heavy atom. The first-order valence-electron chi connectivity index (χ1n) is 7.54. The smallest absolute Gasteiger partial charge is 0.255 e. The molecule has 1 aromatic carbocycles. The molecule has 0 fully saturated rings. The van der Waals surface area contributed by atoms with Gasteiger partial charge < -0.3 is 5.32 Å². The van der Waals surface area contributed by atoms with Gasteiger partial charge in [0.1, 0.15) is 0 Å². The van der Waals surface area contributed by atoms with Crippen LogP contribution in [0.15, 0.2) is 47.7 Å². The van der Waals surface area contributed by atoms with Crippen molar-refractivity contribution in [2.45, 2.75) is 52.5 Å². The van der Waals surface area contributed by atoms with E-state index >= 15 is 0 Å². The monoisotopic (exact) mass is 271 g/mol. The van der Waals surface area contributed by atoms with E-state index in [0.717, 1.165) is 43.2 Å². The highest BCUT2D eigenvalue weighted by molar-refractivity contribution is 5.93. The molecule has 1 rings (SSSR count). The summed E-state index contributed by atoms with van der Waals surface area (Å²) in [5.74, 6) is 0.00894. The molecule has 0 aliphatic carbocycles. The summed E-state index contributed by atoms with van der Waals surface area (Å²) in [6.45, 7) is 4.83. The molecule has 0 bridgehead atoms. The van der Waals surface area contributed by atoms with E-state index in [4.69, 9.17) is 0 Å². The van der Waals surface area contributed by atoms with Crippen LogP contribution in [0.1, 0.15) is 51.5 Å². The van der Waals surface area contributed by atoms with Gasteiger partial charge in [-0.15, -0.1) is 5.73 Å². The molecular formula is C18H25NO.